The molecule has 2 atom stereocenters. The molecule has 0 aromatic rings. The molecule has 0 saturated carbocycles. The lowest BCUT2D eigenvalue weighted by molar-refractivity contribution is -0.146. The largest absolute Gasteiger partial charge is 0.481 e. The normalized spacial score (nSPS) is 28.7. The van der Waals surface area contributed by atoms with Gasteiger partial charge in [-0.15, -0.1) is 0 Å². The van der Waals surface area contributed by atoms with Gasteiger partial charge in [-0.3, -0.25) is 19.7 Å². The number of amides is 2. The molecule has 2 saturated heterocycles. The first kappa shape index (κ1) is 12.8. The van der Waals surface area contributed by atoms with E-state index in [0.29, 0.717) is 19.4 Å². The summed E-state index contributed by atoms with van der Waals surface area (Å²) in [6.45, 7) is 1.26. The monoisotopic (exact) mass is 255 g/mol. The van der Waals surface area contributed by atoms with Crippen molar-refractivity contribution in [2.45, 2.75) is 18.9 Å². The molecule has 7 nitrogen and oxygen atoms in total. The molecule has 2 aliphatic heterocycles. The second-order valence-corrected chi connectivity index (χ2v) is 4.70. The van der Waals surface area contributed by atoms with Crippen molar-refractivity contribution < 1.29 is 19.5 Å². The SMILES string of the molecule is O=C1CNC(C(=O)N2CCC[C@H](C(=O)O)C2)CN1. The van der Waals surface area contributed by atoms with Crippen molar-refractivity contribution in [3.05, 3.63) is 0 Å². The van der Waals surface area contributed by atoms with Gasteiger partial charge < -0.3 is 15.3 Å². The zero-order valence-corrected chi connectivity index (χ0v) is 10.0. The summed E-state index contributed by atoms with van der Waals surface area (Å²) in [6.07, 6.45) is 1.33. The summed E-state index contributed by atoms with van der Waals surface area (Å²) in [5.41, 5.74) is 0. The Balaban J connectivity index is 1.92. The summed E-state index contributed by atoms with van der Waals surface area (Å²) in [5, 5.41) is 14.5. The van der Waals surface area contributed by atoms with Gasteiger partial charge in [-0.25, -0.2) is 0 Å². The molecule has 0 bridgehead atoms. The molecule has 0 radical (unpaired) electrons. The fraction of sp³-hybridized carbons (Fsp3) is 0.727. The second kappa shape index (κ2) is 5.34. The van der Waals surface area contributed by atoms with E-state index < -0.39 is 17.9 Å². The Morgan fingerprint density at radius 1 is 1.39 bits per heavy atom. The standard InChI is InChI=1S/C11H17N3O4/c15-9-5-12-8(4-13-9)10(16)14-3-1-2-7(6-14)11(17)18/h7-8,12H,1-6H2,(H,13,15)(H,17,18)/t7-,8?/m0/s1. The maximum absolute atomic E-state index is 12.1. The van der Waals surface area contributed by atoms with Crippen LogP contribution in [0, 0.1) is 5.92 Å². The molecule has 3 N–H and O–H groups in total. The lowest BCUT2D eigenvalue weighted by atomic mass is 9.97. The molecule has 0 aromatic carbocycles. The van der Waals surface area contributed by atoms with Crippen LogP contribution in [0.25, 0.3) is 0 Å². The number of carbonyl (C=O) groups is 3. The van der Waals surface area contributed by atoms with Crippen LogP contribution in [-0.4, -0.2) is 60.0 Å². The fourth-order valence-electron chi connectivity index (χ4n) is 2.34. The number of rotatable bonds is 2. The number of nitrogens with one attached hydrogen (secondary N) is 2. The number of carboxylic acids is 1. The molecular weight excluding hydrogens is 238 g/mol. The van der Waals surface area contributed by atoms with Crippen LogP contribution >= 0.6 is 0 Å². The van der Waals surface area contributed by atoms with E-state index in [-0.39, 0.29) is 31.4 Å². The molecule has 2 heterocycles. The topological polar surface area (TPSA) is 98.7 Å². The highest BCUT2D eigenvalue weighted by Crippen LogP contribution is 2.17. The highest BCUT2D eigenvalue weighted by molar-refractivity contribution is 5.87. The highest BCUT2D eigenvalue weighted by atomic mass is 16.4. The quantitative estimate of drug-likeness (QED) is 0.552. The van der Waals surface area contributed by atoms with Gasteiger partial charge in [0.2, 0.25) is 11.8 Å². The number of nitrogens with zero attached hydrogens (tertiary/aromatic N) is 1. The average molecular weight is 255 g/mol. The molecule has 7 heteroatoms. The summed E-state index contributed by atoms with van der Waals surface area (Å²) in [5.74, 6) is -1.57. The van der Waals surface area contributed by atoms with Crippen LogP contribution in [0.4, 0.5) is 0 Å². The summed E-state index contributed by atoms with van der Waals surface area (Å²) < 4.78 is 0. The Hall–Kier alpha value is -1.63. The molecule has 100 valence electrons. The van der Waals surface area contributed by atoms with E-state index in [1.165, 1.54) is 0 Å². The number of aliphatic carboxylic acids is 1. The lowest BCUT2D eigenvalue weighted by Gasteiger charge is -2.34. The van der Waals surface area contributed by atoms with Gasteiger partial charge in [0.1, 0.15) is 6.04 Å². The van der Waals surface area contributed by atoms with E-state index in [1.54, 1.807) is 4.90 Å². The van der Waals surface area contributed by atoms with Crippen LogP contribution in [-0.2, 0) is 14.4 Å². The predicted octanol–water partition coefficient (Wildman–Crippen LogP) is -1.60. The van der Waals surface area contributed by atoms with Crippen LogP contribution < -0.4 is 10.6 Å². The fourth-order valence-corrected chi connectivity index (χ4v) is 2.34. The minimum atomic E-state index is -0.850. The van der Waals surface area contributed by atoms with Crippen molar-refractivity contribution in [3.8, 4) is 0 Å². The average Bonchev–Trinajstić information content (AvgIpc) is 2.39. The number of hydrogen-bond donors (Lipinski definition) is 3. The Labute approximate surface area is 105 Å². The summed E-state index contributed by atoms with van der Waals surface area (Å²) >= 11 is 0. The second-order valence-electron chi connectivity index (χ2n) is 4.70. The molecule has 2 amide bonds. The van der Waals surface area contributed by atoms with Gasteiger partial charge in [-0.05, 0) is 12.8 Å². The van der Waals surface area contributed by atoms with Crippen molar-refractivity contribution in [1.82, 2.24) is 15.5 Å². The van der Waals surface area contributed by atoms with Gasteiger partial charge in [-0.1, -0.05) is 0 Å². The van der Waals surface area contributed by atoms with E-state index in [1.807, 2.05) is 0 Å². The third-order valence-electron chi connectivity index (χ3n) is 3.39. The van der Waals surface area contributed by atoms with Crippen LogP contribution in [0.2, 0.25) is 0 Å². The first-order valence-corrected chi connectivity index (χ1v) is 6.09. The summed E-state index contributed by atoms with van der Waals surface area (Å²) in [4.78, 5) is 35.6. The van der Waals surface area contributed by atoms with Crippen molar-refractivity contribution in [3.63, 3.8) is 0 Å². The van der Waals surface area contributed by atoms with Crippen LogP contribution in [0.1, 0.15) is 12.8 Å². The zero-order valence-electron chi connectivity index (χ0n) is 10.0. The first-order chi connectivity index (χ1) is 8.58. The van der Waals surface area contributed by atoms with Crippen molar-refractivity contribution in [1.29, 1.82) is 0 Å². The van der Waals surface area contributed by atoms with Crippen molar-refractivity contribution >= 4 is 17.8 Å². The molecule has 0 aromatic heterocycles. The van der Waals surface area contributed by atoms with Gasteiger partial charge in [0.25, 0.3) is 0 Å². The van der Waals surface area contributed by atoms with E-state index in [9.17, 15) is 14.4 Å². The number of piperidine rings is 1. The molecule has 2 rings (SSSR count). The number of piperazine rings is 1. The third-order valence-corrected chi connectivity index (χ3v) is 3.39. The van der Waals surface area contributed by atoms with Crippen LogP contribution in [0.3, 0.4) is 0 Å². The highest BCUT2D eigenvalue weighted by Gasteiger charge is 2.33. The third kappa shape index (κ3) is 2.79. The Kier molecular flexibility index (Phi) is 3.81. The number of hydrogen-bond acceptors (Lipinski definition) is 4. The molecule has 18 heavy (non-hydrogen) atoms. The molecule has 2 aliphatic rings. The first-order valence-electron chi connectivity index (χ1n) is 6.09. The number of carboxylic acid groups (broad SMARTS) is 1. The predicted molar refractivity (Wildman–Crippen MR) is 61.7 cm³/mol. The van der Waals surface area contributed by atoms with Crippen molar-refractivity contribution in [2.24, 2.45) is 5.92 Å². The Morgan fingerprint density at radius 3 is 2.78 bits per heavy atom. The smallest absolute Gasteiger partial charge is 0.308 e. The van der Waals surface area contributed by atoms with E-state index in [2.05, 4.69) is 10.6 Å². The minimum Gasteiger partial charge on any atom is -0.481 e. The minimum absolute atomic E-state index is 0.124. The summed E-state index contributed by atoms with van der Waals surface area (Å²) in [7, 11) is 0. The Bertz CT molecular complexity index is 361. The van der Waals surface area contributed by atoms with E-state index >= 15 is 0 Å². The maximum atomic E-state index is 12.1. The summed E-state index contributed by atoms with van der Waals surface area (Å²) in [6, 6.07) is -0.435. The molecule has 2 fully saturated rings. The molecule has 0 aliphatic carbocycles. The number of carbonyl (C=O) groups excluding carboxylic acids is 2. The maximum Gasteiger partial charge on any atom is 0.308 e. The van der Waals surface area contributed by atoms with Crippen LogP contribution in [0.15, 0.2) is 0 Å². The molecule has 0 spiro atoms. The van der Waals surface area contributed by atoms with Gasteiger partial charge in [0, 0.05) is 19.6 Å². The number of likely N-dealkylation sites (tertiary alicyclic amines) is 1. The van der Waals surface area contributed by atoms with E-state index in [4.69, 9.17) is 5.11 Å². The van der Waals surface area contributed by atoms with Gasteiger partial charge in [-0.2, -0.15) is 0 Å². The zero-order chi connectivity index (χ0) is 13.1. The lowest BCUT2D eigenvalue weighted by Crippen LogP contribution is -2.59. The molecule has 1 unspecified atom stereocenters. The van der Waals surface area contributed by atoms with Crippen molar-refractivity contribution in [2.75, 3.05) is 26.2 Å². The van der Waals surface area contributed by atoms with E-state index in [0.717, 1.165) is 0 Å². The molecular formula is C11H17N3O4. The van der Waals surface area contributed by atoms with Gasteiger partial charge >= 0.3 is 5.97 Å². The van der Waals surface area contributed by atoms with Gasteiger partial charge in [0.05, 0.1) is 12.5 Å². The van der Waals surface area contributed by atoms with Crippen LogP contribution in [0.5, 0.6) is 0 Å². The Morgan fingerprint density at radius 2 is 2.17 bits per heavy atom. The van der Waals surface area contributed by atoms with Gasteiger partial charge in [0.15, 0.2) is 0 Å².